The molecule has 30 heavy (non-hydrogen) atoms. The van der Waals surface area contributed by atoms with E-state index in [0.29, 0.717) is 35.7 Å². The van der Waals surface area contributed by atoms with Gasteiger partial charge in [-0.1, -0.05) is 17.7 Å². The summed E-state index contributed by atoms with van der Waals surface area (Å²) in [6, 6.07) is 6.69. The Labute approximate surface area is 176 Å². The van der Waals surface area contributed by atoms with Crippen LogP contribution in [0.5, 0.6) is 0 Å². The van der Waals surface area contributed by atoms with Crippen LogP contribution in [0.4, 0.5) is 21.8 Å². The zero-order valence-corrected chi connectivity index (χ0v) is 16.9. The number of hydrogen-bond donors (Lipinski definition) is 3. The number of aromatic amines is 1. The fraction of sp³-hybridized carbons (Fsp3) is 0.300. The van der Waals surface area contributed by atoms with Crippen molar-refractivity contribution in [2.75, 3.05) is 23.3 Å². The Morgan fingerprint density at radius 3 is 2.90 bits per heavy atom. The molecule has 2 fully saturated rings. The van der Waals surface area contributed by atoms with Gasteiger partial charge in [0.15, 0.2) is 23.1 Å². The number of aromatic nitrogens is 4. The summed E-state index contributed by atoms with van der Waals surface area (Å²) in [7, 11) is 0. The Kier molecular flexibility index (Phi) is 4.63. The van der Waals surface area contributed by atoms with Crippen molar-refractivity contribution in [2.45, 2.75) is 25.4 Å². The van der Waals surface area contributed by atoms with Crippen LogP contribution in [0.1, 0.15) is 28.2 Å². The van der Waals surface area contributed by atoms with Crippen LogP contribution >= 0.6 is 11.6 Å². The van der Waals surface area contributed by atoms with Crippen LogP contribution in [0.15, 0.2) is 30.5 Å². The van der Waals surface area contributed by atoms with Crippen LogP contribution in [-0.2, 0) is 0 Å². The van der Waals surface area contributed by atoms with Crippen LogP contribution < -0.4 is 15.5 Å². The molecule has 3 aromatic rings. The lowest BCUT2D eigenvalue weighted by atomic mass is 10.1. The smallest absolute Gasteiger partial charge is 0.218 e. The van der Waals surface area contributed by atoms with Crippen molar-refractivity contribution in [1.29, 1.82) is 0 Å². The van der Waals surface area contributed by atoms with Crippen LogP contribution in [-0.4, -0.2) is 51.1 Å². The molecule has 2 aromatic heterocycles. The molecule has 0 radical (unpaired) electrons. The van der Waals surface area contributed by atoms with Crippen molar-refractivity contribution in [2.24, 2.45) is 0 Å². The third kappa shape index (κ3) is 3.20. The van der Waals surface area contributed by atoms with Crippen molar-refractivity contribution in [3.05, 3.63) is 58.3 Å². The van der Waals surface area contributed by atoms with Crippen LogP contribution in [0.3, 0.4) is 0 Å². The second kappa shape index (κ2) is 7.33. The fourth-order valence-electron chi connectivity index (χ4n) is 4.06. The quantitative estimate of drug-likeness (QED) is 0.538. The first kappa shape index (κ1) is 19.0. The van der Waals surface area contributed by atoms with E-state index in [9.17, 15) is 9.18 Å². The highest BCUT2D eigenvalue weighted by molar-refractivity contribution is 6.31. The van der Waals surface area contributed by atoms with E-state index in [1.54, 1.807) is 25.3 Å². The number of fused-ring (bicyclic) bond motifs is 2. The molecule has 0 saturated carbocycles. The lowest BCUT2D eigenvalue weighted by molar-refractivity contribution is 0.103. The van der Waals surface area contributed by atoms with Gasteiger partial charge in [0.1, 0.15) is 5.82 Å². The summed E-state index contributed by atoms with van der Waals surface area (Å²) in [6.45, 7) is 3.27. The minimum absolute atomic E-state index is 0.103. The molecule has 3 N–H and O–H groups in total. The molecule has 5 rings (SSSR count). The Balaban J connectivity index is 1.61. The van der Waals surface area contributed by atoms with Gasteiger partial charge in [-0.05, 0) is 25.5 Å². The predicted octanol–water partition coefficient (Wildman–Crippen LogP) is 2.83. The molecule has 2 atom stereocenters. The highest BCUT2D eigenvalue weighted by atomic mass is 35.5. The van der Waals surface area contributed by atoms with Crippen molar-refractivity contribution in [3.63, 3.8) is 0 Å². The first-order valence-corrected chi connectivity index (χ1v) is 10.0. The maximum atomic E-state index is 14.6. The van der Waals surface area contributed by atoms with Gasteiger partial charge in [0, 0.05) is 31.2 Å². The first-order valence-electron chi connectivity index (χ1n) is 9.65. The second-order valence-corrected chi connectivity index (χ2v) is 7.91. The summed E-state index contributed by atoms with van der Waals surface area (Å²) >= 11 is 5.90. The van der Waals surface area contributed by atoms with Crippen molar-refractivity contribution < 1.29 is 9.18 Å². The summed E-state index contributed by atoms with van der Waals surface area (Å²) in [5.41, 5.74) is 0.521. The zero-order chi connectivity index (χ0) is 20.8. The highest BCUT2D eigenvalue weighted by Crippen LogP contribution is 2.33. The number of carbonyl (C=O) groups excluding carboxylic acids is 1. The first-order chi connectivity index (χ1) is 14.5. The predicted molar refractivity (Wildman–Crippen MR) is 111 cm³/mol. The van der Waals surface area contributed by atoms with E-state index in [4.69, 9.17) is 16.6 Å². The van der Waals surface area contributed by atoms with Gasteiger partial charge in [0.2, 0.25) is 5.78 Å². The molecule has 4 heterocycles. The summed E-state index contributed by atoms with van der Waals surface area (Å²) in [5.74, 6) is 0.320. The molecule has 2 bridgehead atoms. The molecule has 2 saturated heterocycles. The largest absolute Gasteiger partial charge is 0.349 e. The number of H-pyrrole nitrogens is 1. The van der Waals surface area contributed by atoms with E-state index in [0.717, 1.165) is 13.0 Å². The molecule has 8 nitrogen and oxygen atoms in total. The van der Waals surface area contributed by atoms with E-state index in [2.05, 4.69) is 30.7 Å². The molecule has 0 amide bonds. The number of nitrogens with one attached hydrogen (secondary N) is 3. The highest BCUT2D eigenvalue weighted by Gasteiger charge is 2.40. The maximum Gasteiger partial charge on any atom is 0.218 e. The third-order valence-electron chi connectivity index (χ3n) is 5.55. The molecule has 2 aliphatic rings. The molecule has 2 aliphatic heterocycles. The van der Waals surface area contributed by atoms with E-state index in [-0.39, 0.29) is 22.3 Å². The number of piperazine rings is 1. The van der Waals surface area contributed by atoms with Gasteiger partial charge in [-0.25, -0.2) is 14.4 Å². The number of anilines is 3. The number of nitrogens with zero attached hydrogens (tertiary/aromatic N) is 4. The molecule has 154 valence electrons. The van der Waals surface area contributed by atoms with Gasteiger partial charge >= 0.3 is 0 Å². The van der Waals surface area contributed by atoms with Gasteiger partial charge in [-0.2, -0.15) is 5.10 Å². The topological polar surface area (TPSA) is 98.8 Å². The summed E-state index contributed by atoms with van der Waals surface area (Å²) in [4.78, 5) is 24.7. The average Bonchev–Trinajstić information content (AvgIpc) is 3.49. The van der Waals surface area contributed by atoms with E-state index in [1.807, 2.05) is 0 Å². The van der Waals surface area contributed by atoms with Crippen molar-refractivity contribution in [3.8, 4) is 0 Å². The third-order valence-corrected chi connectivity index (χ3v) is 5.84. The Morgan fingerprint density at radius 2 is 2.20 bits per heavy atom. The molecular weight excluding hydrogens is 409 g/mol. The number of aryl methyl sites for hydroxylation is 1. The monoisotopic (exact) mass is 427 g/mol. The molecule has 0 spiro atoms. The molecular formula is C20H19ClFN7O. The normalized spacial score (nSPS) is 20.0. The minimum atomic E-state index is -0.751. The number of hydrogen-bond acceptors (Lipinski definition) is 7. The van der Waals surface area contributed by atoms with Crippen LogP contribution in [0.2, 0.25) is 5.02 Å². The minimum Gasteiger partial charge on any atom is -0.349 e. The van der Waals surface area contributed by atoms with Gasteiger partial charge in [0.05, 0.1) is 22.5 Å². The van der Waals surface area contributed by atoms with Crippen LogP contribution in [0.25, 0.3) is 0 Å². The number of carbonyl (C=O) groups is 1. The molecule has 10 heteroatoms. The fourth-order valence-corrected chi connectivity index (χ4v) is 4.24. The number of rotatable bonds is 5. The van der Waals surface area contributed by atoms with Crippen LogP contribution in [0, 0.1) is 12.7 Å². The van der Waals surface area contributed by atoms with Gasteiger partial charge < -0.3 is 15.5 Å². The lowest BCUT2D eigenvalue weighted by Crippen LogP contribution is -2.44. The summed E-state index contributed by atoms with van der Waals surface area (Å²) in [6.07, 6.45) is 2.59. The van der Waals surface area contributed by atoms with E-state index in [1.165, 1.54) is 12.1 Å². The Morgan fingerprint density at radius 1 is 1.33 bits per heavy atom. The number of ketones is 1. The standard InChI is InChI=1S/C20H19ClFN7O/c1-10-19(26-15-5-6-24-28-15)27-20(29-9-11-7-12(29)8-23-11)17(25-10)18(30)13-3-2-4-14(21)16(13)22/h2-6,11-12,23H,7-9H2,1H3,(H2,24,26,27,28)/t11-,12-/m0/s1. The van der Waals surface area contributed by atoms with Crippen molar-refractivity contribution in [1.82, 2.24) is 25.5 Å². The van der Waals surface area contributed by atoms with Gasteiger partial charge in [-0.15, -0.1) is 0 Å². The summed E-state index contributed by atoms with van der Waals surface area (Å²) < 4.78 is 14.6. The zero-order valence-electron chi connectivity index (χ0n) is 16.1. The Bertz CT molecular complexity index is 1120. The van der Waals surface area contributed by atoms with Gasteiger partial charge in [-0.3, -0.25) is 9.89 Å². The maximum absolute atomic E-state index is 14.6. The summed E-state index contributed by atoms with van der Waals surface area (Å²) in [5, 5.41) is 13.2. The lowest BCUT2D eigenvalue weighted by Gasteiger charge is -2.30. The number of halogens is 2. The molecule has 0 aliphatic carbocycles. The molecule has 0 unspecified atom stereocenters. The second-order valence-electron chi connectivity index (χ2n) is 7.50. The van der Waals surface area contributed by atoms with Crippen molar-refractivity contribution >= 4 is 34.8 Å². The number of benzene rings is 1. The average molecular weight is 428 g/mol. The SMILES string of the molecule is Cc1nc(C(=O)c2cccc(Cl)c2F)c(N2C[C@@H]3C[C@H]2CN3)nc1Nc1ccn[nH]1. The van der Waals surface area contributed by atoms with Gasteiger partial charge in [0.25, 0.3) is 0 Å². The Hall–Kier alpha value is -3.04. The molecule has 1 aromatic carbocycles. The van der Waals surface area contributed by atoms with E-state index < -0.39 is 11.6 Å². The van der Waals surface area contributed by atoms with E-state index >= 15 is 0 Å².